The fourth-order valence-corrected chi connectivity index (χ4v) is 4.60. The van der Waals surface area contributed by atoms with E-state index in [0.717, 1.165) is 47.3 Å². The molecule has 196 valence electrons. The average Bonchev–Trinajstić information content (AvgIpc) is 3.55. The number of benzene rings is 2. The van der Waals surface area contributed by atoms with Crippen LogP contribution in [0.15, 0.2) is 53.3 Å². The third kappa shape index (κ3) is 7.02. The minimum atomic E-state index is -0.00633. The van der Waals surface area contributed by atoms with Crippen molar-refractivity contribution in [2.75, 3.05) is 0 Å². The predicted molar refractivity (Wildman–Crippen MR) is 147 cm³/mol. The van der Waals surface area contributed by atoms with Gasteiger partial charge in [-0.3, -0.25) is 4.57 Å². The van der Waals surface area contributed by atoms with Gasteiger partial charge in [0.15, 0.2) is 0 Å². The molecule has 2 aromatic heterocycles. The van der Waals surface area contributed by atoms with Gasteiger partial charge in [-0.15, -0.1) is 10.2 Å². The molecule has 4 aromatic rings. The van der Waals surface area contributed by atoms with Crippen molar-refractivity contribution < 1.29 is 0 Å². The maximum Gasteiger partial charge on any atom is 0.346 e. The van der Waals surface area contributed by atoms with E-state index in [1.807, 2.05) is 22.8 Å². The number of tetrazole rings is 1. The highest BCUT2D eigenvalue weighted by molar-refractivity contribution is 5.80. The van der Waals surface area contributed by atoms with Gasteiger partial charge in [-0.25, -0.2) is 9.48 Å². The van der Waals surface area contributed by atoms with E-state index >= 15 is 0 Å². The average molecular weight is 502 g/mol. The highest BCUT2D eigenvalue weighted by Gasteiger charge is 2.15. The number of H-pyrrole nitrogens is 1. The molecule has 2 aromatic carbocycles. The van der Waals surface area contributed by atoms with Crippen LogP contribution in [-0.2, 0) is 19.5 Å². The molecule has 0 amide bonds. The van der Waals surface area contributed by atoms with Crippen LogP contribution in [0.2, 0.25) is 0 Å². The lowest BCUT2D eigenvalue weighted by atomic mass is 9.98. The van der Waals surface area contributed by atoms with Crippen molar-refractivity contribution in [3.8, 4) is 22.5 Å². The predicted octanol–water partition coefficient (Wildman–Crippen LogP) is 5.89. The van der Waals surface area contributed by atoms with Gasteiger partial charge in [0.2, 0.25) is 5.82 Å². The molecule has 0 fully saturated rings. The van der Waals surface area contributed by atoms with Crippen molar-refractivity contribution in [1.29, 1.82) is 0 Å². The lowest BCUT2D eigenvalue weighted by Crippen LogP contribution is -2.26. The van der Waals surface area contributed by atoms with Crippen LogP contribution in [-0.4, -0.2) is 35.0 Å². The van der Waals surface area contributed by atoms with Crippen LogP contribution in [0.1, 0.15) is 77.1 Å². The molecular formula is C29H39N7O. The molecule has 0 atom stereocenters. The Balaban J connectivity index is 1.52. The molecular weight excluding hydrogens is 462 g/mol. The standard InChI is InChI=1S/C29H39N7O/c1-4-5-6-7-8-9-14-27-32-36(20-19-22(2)3)29(37)35(27)21-23-15-17-24(18-16-23)25-12-10-11-13-26(25)28-30-33-34-31-28/h10-13,15-18,22H,4-9,14,19-21H2,1-3H3,(H,30,31,33,34). The molecule has 0 spiro atoms. The van der Waals surface area contributed by atoms with Crippen LogP contribution in [0.5, 0.6) is 0 Å². The Kier molecular flexibility index (Phi) is 9.40. The van der Waals surface area contributed by atoms with E-state index in [2.05, 4.69) is 71.7 Å². The fraction of sp³-hybridized carbons (Fsp3) is 0.483. The third-order valence-electron chi connectivity index (χ3n) is 6.79. The lowest BCUT2D eigenvalue weighted by Gasteiger charge is -2.09. The summed E-state index contributed by atoms with van der Waals surface area (Å²) in [6.07, 6.45) is 9.12. The Hall–Kier alpha value is -3.55. The minimum Gasteiger partial charge on any atom is -0.274 e. The van der Waals surface area contributed by atoms with Crippen LogP contribution in [0.25, 0.3) is 22.5 Å². The van der Waals surface area contributed by atoms with E-state index in [-0.39, 0.29) is 5.69 Å². The molecule has 4 rings (SSSR count). The maximum absolute atomic E-state index is 13.3. The van der Waals surface area contributed by atoms with Gasteiger partial charge in [-0.1, -0.05) is 101 Å². The molecule has 37 heavy (non-hydrogen) atoms. The number of nitrogens with one attached hydrogen (secondary N) is 1. The van der Waals surface area contributed by atoms with Crippen molar-refractivity contribution in [3.63, 3.8) is 0 Å². The normalized spacial score (nSPS) is 11.5. The van der Waals surface area contributed by atoms with E-state index in [9.17, 15) is 4.79 Å². The highest BCUT2D eigenvalue weighted by atomic mass is 16.2. The van der Waals surface area contributed by atoms with Gasteiger partial charge >= 0.3 is 5.69 Å². The van der Waals surface area contributed by atoms with Gasteiger partial charge in [0, 0.05) is 18.5 Å². The van der Waals surface area contributed by atoms with Crippen molar-refractivity contribution in [1.82, 2.24) is 35.0 Å². The number of nitrogens with zero attached hydrogens (tertiary/aromatic N) is 6. The molecule has 0 bridgehead atoms. The van der Waals surface area contributed by atoms with Crippen molar-refractivity contribution >= 4 is 0 Å². The Morgan fingerprint density at radius 3 is 2.35 bits per heavy atom. The number of hydrogen-bond donors (Lipinski definition) is 1. The molecule has 0 saturated carbocycles. The number of rotatable bonds is 14. The fourth-order valence-electron chi connectivity index (χ4n) is 4.60. The summed E-state index contributed by atoms with van der Waals surface area (Å²) in [5.74, 6) is 2.00. The Bertz CT molecular complexity index is 1290. The van der Waals surface area contributed by atoms with Crippen LogP contribution >= 0.6 is 0 Å². The Labute approximate surface area is 219 Å². The topological polar surface area (TPSA) is 94.3 Å². The zero-order valence-electron chi connectivity index (χ0n) is 22.4. The summed E-state index contributed by atoms with van der Waals surface area (Å²) in [6, 6.07) is 16.4. The third-order valence-corrected chi connectivity index (χ3v) is 6.79. The molecule has 8 heteroatoms. The van der Waals surface area contributed by atoms with Crippen LogP contribution in [0.3, 0.4) is 0 Å². The molecule has 0 aliphatic heterocycles. The summed E-state index contributed by atoms with van der Waals surface area (Å²) in [5, 5.41) is 19.3. The van der Waals surface area contributed by atoms with E-state index < -0.39 is 0 Å². The molecule has 1 N–H and O–H groups in total. The second kappa shape index (κ2) is 13.1. The van der Waals surface area contributed by atoms with Crippen molar-refractivity contribution in [2.24, 2.45) is 5.92 Å². The lowest BCUT2D eigenvalue weighted by molar-refractivity contribution is 0.472. The summed E-state index contributed by atoms with van der Waals surface area (Å²) in [6.45, 7) is 7.79. The number of hydrogen-bond acceptors (Lipinski definition) is 5. The summed E-state index contributed by atoms with van der Waals surface area (Å²) >= 11 is 0. The van der Waals surface area contributed by atoms with Gasteiger partial charge in [0.1, 0.15) is 5.82 Å². The first kappa shape index (κ1) is 26.5. The number of aromatic amines is 1. The molecule has 0 aliphatic carbocycles. The largest absolute Gasteiger partial charge is 0.346 e. The van der Waals surface area contributed by atoms with E-state index in [1.54, 1.807) is 4.68 Å². The van der Waals surface area contributed by atoms with Crippen molar-refractivity contribution in [3.05, 3.63) is 70.4 Å². The number of aromatic nitrogens is 7. The molecule has 2 heterocycles. The quantitative estimate of drug-likeness (QED) is 0.217. The van der Waals surface area contributed by atoms with E-state index in [4.69, 9.17) is 5.10 Å². The second-order valence-electron chi connectivity index (χ2n) is 10.2. The van der Waals surface area contributed by atoms with Gasteiger partial charge in [0.25, 0.3) is 0 Å². The van der Waals surface area contributed by atoms with Crippen LogP contribution in [0, 0.1) is 5.92 Å². The Morgan fingerprint density at radius 2 is 1.65 bits per heavy atom. The first-order valence-electron chi connectivity index (χ1n) is 13.7. The molecule has 0 unspecified atom stereocenters. The monoisotopic (exact) mass is 501 g/mol. The molecule has 8 nitrogen and oxygen atoms in total. The van der Waals surface area contributed by atoms with Gasteiger partial charge < -0.3 is 0 Å². The smallest absolute Gasteiger partial charge is 0.274 e. The number of aryl methyl sites for hydroxylation is 2. The zero-order chi connectivity index (χ0) is 26.0. The minimum absolute atomic E-state index is 0.00633. The SMILES string of the molecule is CCCCCCCCc1nn(CCC(C)C)c(=O)n1Cc1ccc(-c2ccccc2-c2nn[nH]n2)cc1. The summed E-state index contributed by atoms with van der Waals surface area (Å²) in [7, 11) is 0. The van der Waals surface area contributed by atoms with Gasteiger partial charge in [-0.2, -0.15) is 10.3 Å². The molecule has 0 aliphatic rings. The highest BCUT2D eigenvalue weighted by Crippen LogP contribution is 2.29. The van der Waals surface area contributed by atoms with E-state index in [1.165, 1.54) is 32.1 Å². The van der Waals surface area contributed by atoms with E-state index in [0.29, 0.717) is 24.8 Å². The molecule has 0 saturated heterocycles. The number of unbranched alkanes of at least 4 members (excludes halogenated alkanes) is 5. The summed E-state index contributed by atoms with van der Waals surface area (Å²) in [5.41, 5.74) is 4.10. The Morgan fingerprint density at radius 1 is 0.919 bits per heavy atom. The summed E-state index contributed by atoms with van der Waals surface area (Å²) < 4.78 is 3.54. The molecule has 0 radical (unpaired) electrons. The van der Waals surface area contributed by atoms with Gasteiger partial charge in [0.05, 0.1) is 6.54 Å². The van der Waals surface area contributed by atoms with Crippen LogP contribution < -0.4 is 5.69 Å². The first-order valence-corrected chi connectivity index (χ1v) is 13.7. The van der Waals surface area contributed by atoms with Gasteiger partial charge in [-0.05, 0) is 40.7 Å². The second-order valence-corrected chi connectivity index (χ2v) is 10.2. The first-order chi connectivity index (χ1) is 18.1. The summed E-state index contributed by atoms with van der Waals surface area (Å²) in [4.78, 5) is 13.3. The zero-order valence-corrected chi connectivity index (χ0v) is 22.4. The van der Waals surface area contributed by atoms with Crippen molar-refractivity contribution in [2.45, 2.75) is 85.2 Å². The maximum atomic E-state index is 13.3. The van der Waals surface area contributed by atoms with Crippen LogP contribution in [0.4, 0.5) is 0 Å².